The summed E-state index contributed by atoms with van der Waals surface area (Å²) in [7, 11) is 0. The monoisotopic (exact) mass is 390 g/mol. The van der Waals surface area contributed by atoms with E-state index in [1.165, 1.54) is 11.8 Å². The molecule has 3 heterocycles. The van der Waals surface area contributed by atoms with Crippen LogP contribution in [0.4, 0.5) is 0 Å². The Hall–Kier alpha value is -2.02. The van der Waals surface area contributed by atoms with Gasteiger partial charge in [0.2, 0.25) is 0 Å². The number of hydrogen-bond acceptors (Lipinski definition) is 4. The van der Waals surface area contributed by atoms with Crippen molar-refractivity contribution < 1.29 is 4.79 Å². The summed E-state index contributed by atoms with van der Waals surface area (Å²) in [5, 5.41) is 10.2. The molecular weight excluding hydrogens is 379 g/mol. The fraction of sp³-hybridized carbons (Fsp3) is 0.118. The van der Waals surface area contributed by atoms with Crippen molar-refractivity contribution in [1.29, 1.82) is 0 Å². The summed E-state index contributed by atoms with van der Waals surface area (Å²) in [6.45, 7) is 1.85. The fourth-order valence-corrected chi connectivity index (χ4v) is 4.09. The predicted octanol–water partition coefficient (Wildman–Crippen LogP) is 4.88. The van der Waals surface area contributed by atoms with Gasteiger partial charge < -0.3 is 4.98 Å². The zero-order chi connectivity index (χ0) is 17.6. The Morgan fingerprint density at radius 1 is 1.28 bits per heavy atom. The number of nitrogens with one attached hydrogen (secondary N) is 1. The topological polar surface area (TPSA) is 63.1 Å². The zero-order valence-electron chi connectivity index (χ0n) is 13.0. The summed E-state index contributed by atoms with van der Waals surface area (Å²) in [4.78, 5) is 16.0. The van der Waals surface area contributed by atoms with Crippen LogP contribution in [0.1, 0.15) is 17.3 Å². The van der Waals surface area contributed by atoms with E-state index in [1.807, 2.05) is 31.2 Å². The third kappa shape index (κ3) is 2.90. The number of Topliss-reactive ketones (excluding diaryl/α,β-unsaturated/α-hetero) is 1. The van der Waals surface area contributed by atoms with E-state index >= 15 is 0 Å². The number of H-pyrrole nitrogens is 1. The maximum absolute atomic E-state index is 12.9. The predicted molar refractivity (Wildman–Crippen MR) is 101 cm³/mol. The van der Waals surface area contributed by atoms with E-state index in [4.69, 9.17) is 23.2 Å². The quantitative estimate of drug-likeness (QED) is 0.398. The lowest BCUT2D eigenvalue weighted by atomic mass is 10.1. The Balaban J connectivity index is 1.66. The number of aromatic amines is 1. The van der Waals surface area contributed by atoms with Crippen molar-refractivity contribution in [3.8, 4) is 0 Å². The van der Waals surface area contributed by atoms with Crippen LogP contribution in [0.25, 0.3) is 16.6 Å². The van der Waals surface area contributed by atoms with Crippen molar-refractivity contribution in [3.63, 3.8) is 0 Å². The van der Waals surface area contributed by atoms with Gasteiger partial charge in [-0.2, -0.15) is 0 Å². The van der Waals surface area contributed by atoms with Crippen molar-refractivity contribution in [2.24, 2.45) is 0 Å². The van der Waals surface area contributed by atoms with Crippen molar-refractivity contribution in [2.75, 3.05) is 0 Å². The summed E-state index contributed by atoms with van der Waals surface area (Å²) in [6, 6.07) is 9.34. The van der Waals surface area contributed by atoms with Crippen LogP contribution in [-0.2, 0) is 0 Å². The molecule has 1 aromatic carbocycles. The van der Waals surface area contributed by atoms with Crippen LogP contribution in [0.2, 0.25) is 10.0 Å². The molecule has 0 saturated heterocycles. The summed E-state index contributed by atoms with van der Waals surface area (Å²) >= 11 is 13.5. The largest absolute Gasteiger partial charge is 0.360 e. The number of rotatable bonds is 4. The van der Waals surface area contributed by atoms with Crippen molar-refractivity contribution in [3.05, 3.63) is 58.3 Å². The van der Waals surface area contributed by atoms with E-state index in [1.54, 1.807) is 22.9 Å². The van der Waals surface area contributed by atoms with Gasteiger partial charge in [0.25, 0.3) is 0 Å². The highest BCUT2D eigenvalue weighted by molar-refractivity contribution is 8.00. The molecule has 4 rings (SSSR count). The molecule has 0 spiro atoms. The van der Waals surface area contributed by atoms with E-state index in [-0.39, 0.29) is 11.0 Å². The molecule has 0 aliphatic carbocycles. The van der Waals surface area contributed by atoms with E-state index < -0.39 is 0 Å². The molecule has 1 unspecified atom stereocenters. The number of hydrogen-bond donors (Lipinski definition) is 1. The minimum Gasteiger partial charge on any atom is -0.360 e. The maximum atomic E-state index is 12.9. The average molecular weight is 391 g/mol. The lowest BCUT2D eigenvalue weighted by Crippen LogP contribution is -2.13. The standard InChI is InChI=1S/C17H12Cl2N4OS/c1-9(15(24)12-7-20-14-5-3-2-4-11(12)14)25-17-22-21-16-13(19)6-10(18)8-23(16)17/h2-9,20H,1H3. The number of benzene rings is 1. The molecule has 0 radical (unpaired) electrons. The number of fused-ring (bicyclic) bond motifs is 2. The van der Waals surface area contributed by atoms with Crippen molar-refractivity contribution in [1.82, 2.24) is 19.6 Å². The molecule has 0 saturated carbocycles. The van der Waals surface area contributed by atoms with Crippen LogP contribution in [0.15, 0.2) is 47.9 Å². The molecule has 1 atom stereocenters. The minimum atomic E-state index is -0.343. The Morgan fingerprint density at radius 2 is 2.08 bits per heavy atom. The van der Waals surface area contributed by atoms with Gasteiger partial charge in [0.1, 0.15) is 0 Å². The first-order valence-electron chi connectivity index (χ1n) is 7.51. The Kier molecular flexibility index (Phi) is 4.19. The molecule has 4 aromatic rings. The molecule has 0 amide bonds. The number of carbonyl (C=O) groups excluding carboxylic acids is 1. The molecule has 0 aliphatic rings. The molecule has 0 aliphatic heterocycles. The highest BCUT2D eigenvalue weighted by atomic mass is 35.5. The second-order valence-corrected chi connectivity index (χ2v) is 7.71. The van der Waals surface area contributed by atoms with Crippen LogP contribution in [0, 0.1) is 0 Å². The van der Waals surface area contributed by atoms with Crippen LogP contribution < -0.4 is 0 Å². The first kappa shape index (κ1) is 16.4. The summed E-state index contributed by atoms with van der Waals surface area (Å²) < 4.78 is 1.70. The SMILES string of the molecule is CC(Sc1nnc2c(Cl)cc(Cl)cn12)C(=O)c1c[nH]c2ccccc12. The van der Waals surface area contributed by atoms with Crippen molar-refractivity contribution >= 4 is 57.3 Å². The Bertz CT molecular complexity index is 1100. The Morgan fingerprint density at radius 3 is 2.92 bits per heavy atom. The average Bonchev–Trinajstić information content (AvgIpc) is 3.19. The van der Waals surface area contributed by atoms with Gasteiger partial charge in [0.15, 0.2) is 16.6 Å². The van der Waals surface area contributed by atoms with E-state index in [9.17, 15) is 4.79 Å². The minimum absolute atomic E-state index is 0.0207. The van der Waals surface area contributed by atoms with Gasteiger partial charge in [-0.1, -0.05) is 53.2 Å². The fourth-order valence-electron chi connectivity index (χ4n) is 2.69. The van der Waals surface area contributed by atoms with Crippen LogP contribution >= 0.6 is 35.0 Å². The number of pyridine rings is 1. The van der Waals surface area contributed by atoms with E-state index in [0.717, 1.165) is 10.9 Å². The number of ketones is 1. The molecule has 5 nitrogen and oxygen atoms in total. The number of halogens is 2. The normalized spacial score (nSPS) is 12.8. The summed E-state index contributed by atoms with van der Waals surface area (Å²) in [6.07, 6.45) is 3.44. The molecule has 1 N–H and O–H groups in total. The highest BCUT2D eigenvalue weighted by Crippen LogP contribution is 2.30. The zero-order valence-corrected chi connectivity index (χ0v) is 15.4. The number of nitrogens with zero attached hydrogens (tertiary/aromatic N) is 3. The first-order valence-corrected chi connectivity index (χ1v) is 9.15. The highest BCUT2D eigenvalue weighted by Gasteiger charge is 2.22. The van der Waals surface area contributed by atoms with Gasteiger partial charge in [-0.3, -0.25) is 9.20 Å². The van der Waals surface area contributed by atoms with Gasteiger partial charge in [0.05, 0.1) is 15.3 Å². The van der Waals surface area contributed by atoms with Crippen molar-refractivity contribution in [2.45, 2.75) is 17.3 Å². The second-order valence-electron chi connectivity index (χ2n) is 5.55. The third-order valence-corrected chi connectivity index (χ3v) is 5.44. The number of thioether (sulfide) groups is 1. The lowest BCUT2D eigenvalue weighted by molar-refractivity contribution is 0.0995. The van der Waals surface area contributed by atoms with Crippen LogP contribution in [0.5, 0.6) is 0 Å². The van der Waals surface area contributed by atoms with Gasteiger partial charge in [-0.15, -0.1) is 10.2 Å². The van der Waals surface area contributed by atoms with E-state index in [2.05, 4.69) is 15.2 Å². The Labute approximate surface area is 157 Å². The second kappa shape index (κ2) is 6.37. The number of aromatic nitrogens is 4. The number of para-hydroxylation sites is 1. The lowest BCUT2D eigenvalue weighted by Gasteiger charge is -2.08. The van der Waals surface area contributed by atoms with Crippen LogP contribution in [0.3, 0.4) is 0 Å². The molecule has 25 heavy (non-hydrogen) atoms. The van der Waals surface area contributed by atoms with Gasteiger partial charge in [-0.25, -0.2) is 0 Å². The first-order chi connectivity index (χ1) is 12.0. The smallest absolute Gasteiger partial charge is 0.196 e. The van der Waals surface area contributed by atoms with Gasteiger partial charge >= 0.3 is 0 Å². The molecule has 3 aromatic heterocycles. The number of carbonyl (C=O) groups is 1. The molecule has 0 bridgehead atoms. The molecule has 0 fully saturated rings. The molecule has 8 heteroatoms. The third-order valence-electron chi connectivity index (χ3n) is 3.90. The van der Waals surface area contributed by atoms with Gasteiger partial charge in [0, 0.05) is 28.9 Å². The van der Waals surface area contributed by atoms with E-state index in [0.29, 0.717) is 26.4 Å². The van der Waals surface area contributed by atoms with Gasteiger partial charge in [-0.05, 0) is 19.1 Å². The summed E-state index contributed by atoms with van der Waals surface area (Å²) in [5.41, 5.74) is 2.12. The molecule has 126 valence electrons. The summed E-state index contributed by atoms with van der Waals surface area (Å²) in [5.74, 6) is 0.0207. The van der Waals surface area contributed by atoms with Crippen LogP contribution in [-0.4, -0.2) is 30.6 Å². The molecular formula is C17H12Cl2N4OS. The maximum Gasteiger partial charge on any atom is 0.196 e.